The fraction of sp³-hybridized carbons (Fsp3) is 0.357. The summed E-state index contributed by atoms with van der Waals surface area (Å²) < 4.78 is 1.62. The van der Waals surface area contributed by atoms with Crippen LogP contribution in [0.25, 0.3) is 0 Å². The van der Waals surface area contributed by atoms with E-state index in [0.29, 0.717) is 12.1 Å². The van der Waals surface area contributed by atoms with E-state index >= 15 is 0 Å². The average molecular weight is 273 g/mol. The number of rotatable bonds is 5. The first-order valence-corrected chi connectivity index (χ1v) is 6.56. The highest BCUT2D eigenvalue weighted by Crippen LogP contribution is 2.10. The van der Waals surface area contributed by atoms with Gasteiger partial charge >= 0.3 is 0 Å². The van der Waals surface area contributed by atoms with Gasteiger partial charge in [-0.3, -0.25) is 14.5 Å². The monoisotopic (exact) mass is 273 g/mol. The second-order valence-corrected chi connectivity index (χ2v) is 4.61. The van der Waals surface area contributed by atoms with E-state index in [1.54, 1.807) is 30.3 Å². The second-order valence-electron chi connectivity index (χ2n) is 4.61. The lowest BCUT2D eigenvalue weighted by atomic mass is 10.1. The number of nitrogens with one attached hydrogen (secondary N) is 1. The molecule has 106 valence electrons. The van der Waals surface area contributed by atoms with Crippen molar-refractivity contribution in [3.63, 3.8) is 0 Å². The zero-order valence-electron chi connectivity index (χ0n) is 11.7. The fourth-order valence-corrected chi connectivity index (χ4v) is 1.99. The maximum absolute atomic E-state index is 12.0. The molecular formula is C14H19N5O. The molecule has 2 rings (SSSR count). The molecule has 0 saturated carbocycles. The van der Waals surface area contributed by atoms with Crippen molar-refractivity contribution in [1.29, 1.82) is 0 Å². The lowest BCUT2D eigenvalue weighted by Crippen LogP contribution is -2.34. The van der Waals surface area contributed by atoms with Gasteiger partial charge in [0, 0.05) is 25.0 Å². The van der Waals surface area contributed by atoms with Crippen LogP contribution in [0.1, 0.15) is 29.8 Å². The van der Waals surface area contributed by atoms with E-state index in [2.05, 4.69) is 22.3 Å². The van der Waals surface area contributed by atoms with Crippen molar-refractivity contribution < 1.29 is 4.79 Å². The summed E-state index contributed by atoms with van der Waals surface area (Å²) in [6, 6.07) is 3.19. The summed E-state index contributed by atoms with van der Waals surface area (Å²) >= 11 is 0. The molecule has 3 N–H and O–H groups in total. The van der Waals surface area contributed by atoms with E-state index in [1.807, 2.05) is 12.1 Å². The van der Waals surface area contributed by atoms with Crippen molar-refractivity contribution in [2.24, 2.45) is 12.8 Å². The highest BCUT2D eigenvalue weighted by molar-refractivity contribution is 5.82. The van der Waals surface area contributed by atoms with Crippen LogP contribution in [0.2, 0.25) is 0 Å². The minimum absolute atomic E-state index is 0.231. The van der Waals surface area contributed by atoms with Crippen molar-refractivity contribution in [3.05, 3.63) is 47.5 Å². The van der Waals surface area contributed by atoms with Crippen LogP contribution in [0.3, 0.4) is 0 Å². The summed E-state index contributed by atoms with van der Waals surface area (Å²) in [7, 11) is 1.79. The van der Waals surface area contributed by atoms with Crippen LogP contribution < -0.4 is 11.1 Å². The van der Waals surface area contributed by atoms with E-state index < -0.39 is 6.04 Å². The number of carbonyl (C=O) groups excluding carboxylic acids is 1. The third-order valence-electron chi connectivity index (χ3n) is 3.16. The molecule has 20 heavy (non-hydrogen) atoms. The molecule has 2 aromatic rings. The Morgan fingerprint density at radius 1 is 1.55 bits per heavy atom. The first kappa shape index (κ1) is 14.2. The van der Waals surface area contributed by atoms with Gasteiger partial charge in [-0.15, -0.1) is 0 Å². The van der Waals surface area contributed by atoms with Crippen molar-refractivity contribution in [3.8, 4) is 0 Å². The number of carbonyl (C=O) groups is 1. The van der Waals surface area contributed by atoms with Crippen molar-refractivity contribution in [1.82, 2.24) is 20.1 Å². The third-order valence-corrected chi connectivity index (χ3v) is 3.16. The molecule has 2 heterocycles. The molecule has 0 radical (unpaired) electrons. The number of hydrogen-bond donors (Lipinski definition) is 2. The highest BCUT2D eigenvalue weighted by Gasteiger charge is 2.17. The molecule has 1 atom stereocenters. The molecule has 0 aliphatic heterocycles. The van der Waals surface area contributed by atoms with Crippen LogP contribution in [0, 0.1) is 0 Å². The number of hydrogen-bond acceptors (Lipinski definition) is 4. The third kappa shape index (κ3) is 3.21. The van der Waals surface area contributed by atoms with Gasteiger partial charge in [-0.2, -0.15) is 5.10 Å². The first-order valence-electron chi connectivity index (χ1n) is 6.56. The van der Waals surface area contributed by atoms with Gasteiger partial charge in [-0.25, -0.2) is 0 Å². The Balaban J connectivity index is 1.98. The molecule has 6 nitrogen and oxygen atoms in total. The maximum Gasteiger partial charge on any atom is 0.241 e. The summed E-state index contributed by atoms with van der Waals surface area (Å²) in [6.45, 7) is 2.44. The van der Waals surface area contributed by atoms with E-state index in [0.717, 1.165) is 17.7 Å². The maximum atomic E-state index is 12.0. The normalized spacial score (nSPS) is 12.2. The molecular weight excluding hydrogens is 254 g/mol. The van der Waals surface area contributed by atoms with Crippen molar-refractivity contribution in [2.45, 2.75) is 25.9 Å². The SMILES string of the molecule is CCc1cccnc1CNC(=O)C(N)c1cnn(C)c1. The minimum atomic E-state index is -0.711. The Morgan fingerprint density at radius 3 is 3.00 bits per heavy atom. The average Bonchev–Trinajstić information content (AvgIpc) is 2.90. The molecule has 0 aromatic carbocycles. The van der Waals surface area contributed by atoms with Crippen LogP contribution in [-0.2, 0) is 24.8 Å². The first-order chi connectivity index (χ1) is 9.61. The molecule has 0 bridgehead atoms. The van der Waals surface area contributed by atoms with Gasteiger partial charge in [0.2, 0.25) is 5.91 Å². The Labute approximate surface area is 118 Å². The van der Waals surface area contributed by atoms with E-state index in [4.69, 9.17) is 5.73 Å². The number of nitrogens with two attached hydrogens (primary N) is 1. The Bertz CT molecular complexity index is 593. The predicted molar refractivity (Wildman–Crippen MR) is 75.6 cm³/mol. The van der Waals surface area contributed by atoms with E-state index in [9.17, 15) is 4.79 Å². The van der Waals surface area contributed by atoms with Crippen LogP contribution >= 0.6 is 0 Å². The zero-order chi connectivity index (χ0) is 14.5. The number of amides is 1. The molecule has 0 spiro atoms. The number of pyridine rings is 1. The zero-order valence-corrected chi connectivity index (χ0v) is 11.7. The summed E-state index contributed by atoms with van der Waals surface area (Å²) in [6.07, 6.45) is 5.94. The molecule has 2 aromatic heterocycles. The second kappa shape index (κ2) is 6.29. The van der Waals surface area contributed by atoms with Crippen LogP contribution in [0.5, 0.6) is 0 Å². The van der Waals surface area contributed by atoms with Crippen LogP contribution in [-0.4, -0.2) is 20.7 Å². The van der Waals surface area contributed by atoms with Crippen molar-refractivity contribution >= 4 is 5.91 Å². The van der Waals surface area contributed by atoms with E-state index in [-0.39, 0.29) is 5.91 Å². The largest absolute Gasteiger partial charge is 0.349 e. The number of aryl methyl sites for hydroxylation is 2. The summed E-state index contributed by atoms with van der Waals surface area (Å²) in [5, 5.41) is 6.83. The molecule has 1 amide bonds. The highest BCUT2D eigenvalue weighted by atomic mass is 16.2. The number of aromatic nitrogens is 3. The van der Waals surface area contributed by atoms with E-state index in [1.165, 1.54) is 0 Å². The van der Waals surface area contributed by atoms with Gasteiger partial charge in [0.1, 0.15) is 6.04 Å². The van der Waals surface area contributed by atoms with Gasteiger partial charge in [0.25, 0.3) is 0 Å². The molecule has 0 aliphatic rings. The summed E-state index contributed by atoms with van der Waals surface area (Å²) in [4.78, 5) is 16.3. The topological polar surface area (TPSA) is 85.8 Å². The van der Waals surface area contributed by atoms with Gasteiger partial charge in [-0.1, -0.05) is 13.0 Å². The van der Waals surface area contributed by atoms with Crippen molar-refractivity contribution in [2.75, 3.05) is 0 Å². The molecule has 1 unspecified atom stereocenters. The summed E-state index contributed by atoms with van der Waals surface area (Å²) in [5.74, 6) is -0.231. The summed E-state index contributed by atoms with van der Waals surface area (Å²) in [5.41, 5.74) is 8.60. The molecule has 0 saturated heterocycles. The Kier molecular flexibility index (Phi) is 4.47. The smallest absolute Gasteiger partial charge is 0.241 e. The van der Waals surface area contributed by atoms with Gasteiger partial charge in [-0.05, 0) is 18.1 Å². The van der Waals surface area contributed by atoms with Gasteiger partial charge < -0.3 is 11.1 Å². The molecule has 0 fully saturated rings. The quantitative estimate of drug-likeness (QED) is 0.839. The lowest BCUT2D eigenvalue weighted by Gasteiger charge is -2.12. The Morgan fingerprint density at radius 2 is 2.35 bits per heavy atom. The van der Waals surface area contributed by atoms with Crippen LogP contribution in [0.4, 0.5) is 0 Å². The van der Waals surface area contributed by atoms with Gasteiger partial charge in [0.05, 0.1) is 18.4 Å². The van der Waals surface area contributed by atoms with Crippen LogP contribution in [0.15, 0.2) is 30.7 Å². The Hall–Kier alpha value is -2.21. The molecule has 6 heteroatoms. The lowest BCUT2D eigenvalue weighted by molar-refractivity contribution is -0.122. The standard InChI is InChI=1S/C14H19N5O/c1-3-10-5-4-6-16-12(10)8-17-14(20)13(15)11-7-18-19(2)9-11/h4-7,9,13H,3,8,15H2,1-2H3,(H,17,20). The molecule has 0 aliphatic carbocycles. The fourth-order valence-electron chi connectivity index (χ4n) is 1.99. The number of nitrogens with zero attached hydrogens (tertiary/aromatic N) is 3. The predicted octanol–water partition coefficient (Wildman–Crippen LogP) is 0.694. The van der Waals surface area contributed by atoms with Gasteiger partial charge in [0.15, 0.2) is 0 Å². The minimum Gasteiger partial charge on any atom is -0.349 e.